The van der Waals surface area contributed by atoms with Gasteiger partial charge in [-0.15, -0.1) is 0 Å². The summed E-state index contributed by atoms with van der Waals surface area (Å²) < 4.78 is 0. The fourth-order valence-corrected chi connectivity index (χ4v) is 2.47. The highest BCUT2D eigenvalue weighted by atomic mass is 16.4. The minimum Gasteiger partial charge on any atom is -0.481 e. The molecule has 1 aliphatic carbocycles. The summed E-state index contributed by atoms with van der Waals surface area (Å²) >= 11 is 0. The van der Waals surface area contributed by atoms with E-state index < -0.39 is 5.97 Å². The van der Waals surface area contributed by atoms with Crippen molar-refractivity contribution in [2.45, 2.75) is 65.0 Å². The highest BCUT2D eigenvalue weighted by molar-refractivity contribution is 5.75. The molecule has 4 atom stereocenters. The SMILES string of the molecule is CCC(C)C(C)NC(=O)NC1CCCC(C(=O)O)C1. The summed E-state index contributed by atoms with van der Waals surface area (Å²) in [6, 6.07) is -0.0633. The zero-order chi connectivity index (χ0) is 14.4. The maximum absolute atomic E-state index is 11.8. The lowest BCUT2D eigenvalue weighted by molar-refractivity contribution is -0.143. The van der Waals surface area contributed by atoms with Gasteiger partial charge in [-0.05, 0) is 32.1 Å². The number of urea groups is 1. The molecule has 0 spiro atoms. The van der Waals surface area contributed by atoms with Crippen molar-refractivity contribution in [1.29, 1.82) is 0 Å². The molecule has 5 nitrogen and oxygen atoms in total. The van der Waals surface area contributed by atoms with E-state index in [4.69, 9.17) is 5.11 Å². The number of carboxylic acids is 1. The Kier molecular flexibility index (Phi) is 6.12. The van der Waals surface area contributed by atoms with E-state index in [1.807, 2.05) is 6.92 Å². The molecule has 4 unspecified atom stereocenters. The smallest absolute Gasteiger partial charge is 0.315 e. The van der Waals surface area contributed by atoms with Crippen molar-refractivity contribution in [2.24, 2.45) is 11.8 Å². The van der Waals surface area contributed by atoms with Crippen molar-refractivity contribution in [2.75, 3.05) is 0 Å². The normalized spacial score (nSPS) is 26.3. The van der Waals surface area contributed by atoms with Crippen molar-refractivity contribution >= 4 is 12.0 Å². The van der Waals surface area contributed by atoms with Crippen LogP contribution in [0.25, 0.3) is 0 Å². The first kappa shape index (κ1) is 15.8. The number of hydrogen-bond acceptors (Lipinski definition) is 2. The number of rotatable bonds is 5. The Morgan fingerprint density at radius 3 is 2.58 bits per heavy atom. The van der Waals surface area contributed by atoms with E-state index in [1.54, 1.807) is 0 Å². The van der Waals surface area contributed by atoms with Crippen LogP contribution in [0.4, 0.5) is 4.79 Å². The molecule has 3 N–H and O–H groups in total. The lowest BCUT2D eigenvalue weighted by atomic mass is 9.86. The molecular formula is C14H26N2O3. The van der Waals surface area contributed by atoms with Gasteiger partial charge in [0, 0.05) is 12.1 Å². The third-order valence-corrected chi connectivity index (χ3v) is 4.21. The maximum atomic E-state index is 11.8. The molecule has 19 heavy (non-hydrogen) atoms. The van der Waals surface area contributed by atoms with E-state index in [9.17, 15) is 9.59 Å². The molecule has 110 valence electrons. The molecule has 0 heterocycles. The Labute approximate surface area is 115 Å². The van der Waals surface area contributed by atoms with Gasteiger partial charge in [0.1, 0.15) is 0 Å². The molecular weight excluding hydrogens is 244 g/mol. The average Bonchev–Trinajstić information content (AvgIpc) is 2.37. The van der Waals surface area contributed by atoms with Gasteiger partial charge in [-0.2, -0.15) is 0 Å². The predicted octanol–water partition coefficient (Wildman–Crippen LogP) is 2.36. The fraction of sp³-hybridized carbons (Fsp3) is 0.857. The van der Waals surface area contributed by atoms with Gasteiger partial charge in [0.2, 0.25) is 0 Å². The molecule has 2 amide bonds. The molecule has 0 aromatic heterocycles. The number of carbonyl (C=O) groups is 2. The lowest BCUT2D eigenvalue weighted by Crippen LogP contribution is -2.48. The van der Waals surface area contributed by atoms with Crippen LogP contribution in [0, 0.1) is 11.8 Å². The molecule has 1 fully saturated rings. The van der Waals surface area contributed by atoms with E-state index in [0.717, 1.165) is 25.7 Å². The average molecular weight is 270 g/mol. The van der Waals surface area contributed by atoms with Crippen molar-refractivity contribution in [3.05, 3.63) is 0 Å². The molecule has 0 aromatic carbocycles. The molecule has 1 saturated carbocycles. The highest BCUT2D eigenvalue weighted by Gasteiger charge is 2.28. The second-order valence-corrected chi connectivity index (χ2v) is 5.69. The summed E-state index contributed by atoms with van der Waals surface area (Å²) in [6.45, 7) is 6.19. The van der Waals surface area contributed by atoms with E-state index in [2.05, 4.69) is 24.5 Å². The number of carbonyl (C=O) groups excluding carboxylic acids is 1. The Hall–Kier alpha value is -1.26. The standard InChI is InChI=1S/C14H26N2O3/c1-4-9(2)10(3)15-14(19)16-12-7-5-6-11(8-12)13(17)18/h9-12H,4-8H2,1-3H3,(H,17,18)(H2,15,16,19). The van der Waals surface area contributed by atoms with Crippen LogP contribution in [-0.4, -0.2) is 29.2 Å². The monoisotopic (exact) mass is 270 g/mol. The topological polar surface area (TPSA) is 78.4 Å². The van der Waals surface area contributed by atoms with Crippen LogP contribution in [0.2, 0.25) is 0 Å². The summed E-state index contributed by atoms with van der Waals surface area (Å²) in [5, 5.41) is 14.8. The quantitative estimate of drug-likeness (QED) is 0.717. The minimum absolute atomic E-state index is 0.0148. The molecule has 0 bridgehead atoms. The van der Waals surface area contributed by atoms with Crippen LogP contribution in [0.5, 0.6) is 0 Å². The summed E-state index contributed by atoms with van der Waals surface area (Å²) in [5.74, 6) is -0.630. The molecule has 0 aromatic rings. The van der Waals surface area contributed by atoms with Gasteiger partial charge in [-0.1, -0.05) is 26.7 Å². The van der Waals surface area contributed by atoms with Crippen molar-refractivity contribution in [1.82, 2.24) is 10.6 Å². The summed E-state index contributed by atoms with van der Waals surface area (Å²) in [5.41, 5.74) is 0. The first-order valence-electron chi connectivity index (χ1n) is 7.23. The Bertz CT molecular complexity index is 320. The second kappa shape index (κ2) is 7.36. The number of hydrogen-bond donors (Lipinski definition) is 3. The molecule has 0 radical (unpaired) electrons. The first-order chi connectivity index (χ1) is 8.93. The maximum Gasteiger partial charge on any atom is 0.315 e. The third-order valence-electron chi connectivity index (χ3n) is 4.21. The van der Waals surface area contributed by atoms with E-state index in [0.29, 0.717) is 12.3 Å². The van der Waals surface area contributed by atoms with Gasteiger partial charge in [-0.3, -0.25) is 4.79 Å². The van der Waals surface area contributed by atoms with Crippen LogP contribution in [0.1, 0.15) is 52.9 Å². The van der Waals surface area contributed by atoms with Crippen LogP contribution in [0.3, 0.4) is 0 Å². The van der Waals surface area contributed by atoms with Crippen LogP contribution >= 0.6 is 0 Å². The number of aliphatic carboxylic acids is 1. The van der Waals surface area contributed by atoms with Crippen molar-refractivity contribution < 1.29 is 14.7 Å². The van der Waals surface area contributed by atoms with Gasteiger partial charge in [0.15, 0.2) is 0 Å². The zero-order valence-corrected chi connectivity index (χ0v) is 12.1. The van der Waals surface area contributed by atoms with Gasteiger partial charge in [-0.25, -0.2) is 4.79 Å². The van der Waals surface area contributed by atoms with Crippen LogP contribution in [-0.2, 0) is 4.79 Å². The van der Waals surface area contributed by atoms with Crippen LogP contribution < -0.4 is 10.6 Å². The molecule has 1 aliphatic rings. The molecule has 1 rings (SSSR count). The fourth-order valence-electron chi connectivity index (χ4n) is 2.47. The van der Waals surface area contributed by atoms with Crippen LogP contribution in [0.15, 0.2) is 0 Å². The van der Waals surface area contributed by atoms with E-state index in [1.165, 1.54) is 0 Å². The first-order valence-corrected chi connectivity index (χ1v) is 7.23. The number of amides is 2. The van der Waals surface area contributed by atoms with Gasteiger partial charge < -0.3 is 15.7 Å². The second-order valence-electron chi connectivity index (χ2n) is 5.69. The molecule has 0 saturated heterocycles. The minimum atomic E-state index is -0.750. The Balaban J connectivity index is 2.37. The Morgan fingerprint density at radius 1 is 1.32 bits per heavy atom. The highest BCUT2D eigenvalue weighted by Crippen LogP contribution is 2.24. The summed E-state index contributed by atoms with van der Waals surface area (Å²) in [6.07, 6.45) is 4.02. The zero-order valence-electron chi connectivity index (χ0n) is 12.1. The molecule has 0 aliphatic heterocycles. The van der Waals surface area contributed by atoms with Crippen molar-refractivity contribution in [3.63, 3.8) is 0 Å². The van der Waals surface area contributed by atoms with Gasteiger partial charge in [0.25, 0.3) is 0 Å². The predicted molar refractivity (Wildman–Crippen MR) is 74.0 cm³/mol. The lowest BCUT2D eigenvalue weighted by Gasteiger charge is -2.28. The van der Waals surface area contributed by atoms with Gasteiger partial charge >= 0.3 is 12.0 Å². The van der Waals surface area contributed by atoms with E-state index in [-0.39, 0.29) is 24.0 Å². The number of carboxylic acid groups (broad SMARTS) is 1. The van der Waals surface area contributed by atoms with Crippen molar-refractivity contribution in [3.8, 4) is 0 Å². The summed E-state index contributed by atoms with van der Waals surface area (Å²) in [4.78, 5) is 22.8. The summed E-state index contributed by atoms with van der Waals surface area (Å²) in [7, 11) is 0. The van der Waals surface area contributed by atoms with Gasteiger partial charge in [0.05, 0.1) is 5.92 Å². The Morgan fingerprint density at radius 2 is 2.00 bits per heavy atom. The molecule has 5 heteroatoms. The third kappa shape index (κ3) is 5.09. The largest absolute Gasteiger partial charge is 0.481 e. The number of nitrogens with one attached hydrogen (secondary N) is 2. The van der Waals surface area contributed by atoms with E-state index >= 15 is 0 Å².